The number of nitrogens with one attached hydrogen (secondary N) is 2. The van der Waals surface area contributed by atoms with Crippen LogP contribution in [0.4, 0.5) is 0 Å². The Morgan fingerprint density at radius 3 is 2.47 bits per heavy atom. The van der Waals surface area contributed by atoms with E-state index in [9.17, 15) is 20.0 Å². The molecule has 1 aromatic rings. The lowest BCUT2D eigenvalue weighted by molar-refractivity contribution is -0.421. The van der Waals surface area contributed by atoms with Gasteiger partial charge in [-0.15, -0.1) is 0 Å². The number of nitrogens with zero attached hydrogens (tertiary/aromatic N) is 1. The summed E-state index contributed by atoms with van der Waals surface area (Å²) >= 11 is 0. The lowest BCUT2D eigenvalue weighted by Gasteiger charge is -2.31. The molecule has 0 spiro atoms. The summed E-state index contributed by atoms with van der Waals surface area (Å²) in [5.74, 6) is -2.77. The van der Waals surface area contributed by atoms with Crippen LogP contribution in [-0.2, 0) is 10.6 Å². The summed E-state index contributed by atoms with van der Waals surface area (Å²) in [7, 11) is 0. The highest BCUT2D eigenvalue weighted by molar-refractivity contribution is 5.92. The Morgan fingerprint density at radius 1 is 1.29 bits per heavy atom. The summed E-state index contributed by atoms with van der Waals surface area (Å²) in [6.45, 7) is 0. The number of carbonyl (C=O) groups is 1. The number of aliphatic hydroxyl groups is 1. The zero-order valence-corrected chi connectivity index (χ0v) is 8.58. The van der Waals surface area contributed by atoms with Gasteiger partial charge in [0.1, 0.15) is 0 Å². The Bertz CT molecular complexity index is 500. The van der Waals surface area contributed by atoms with Crippen molar-refractivity contribution >= 4 is 5.91 Å². The number of amides is 1. The molecule has 2 rings (SSSR count). The molecular weight excluding hydrogens is 226 g/mol. The first-order valence-corrected chi connectivity index (χ1v) is 4.75. The highest BCUT2D eigenvalue weighted by Crippen LogP contribution is 2.18. The fourth-order valence-corrected chi connectivity index (χ4v) is 1.47. The van der Waals surface area contributed by atoms with Crippen LogP contribution in [-0.4, -0.2) is 15.9 Å². The molecule has 0 bridgehead atoms. The molecule has 1 aromatic carbocycles. The summed E-state index contributed by atoms with van der Waals surface area (Å²) in [6.07, 6.45) is 0.881. The Kier molecular flexibility index (Phi) is 2.52. The van der Waals surface area contributed by atoms with Crippen molar-refractivity contribution < 1.29 is 14.8 Å². The van der Waals surface area contributed by atoms with Gasteiger partial charge in [0, 0.05) is 5.56 Å². The van der Waals surface area contributed by atoms with E-state index in [1.807, 2.05) is 0 Å². The van der Waals surface area contributed by atoms with Crippen LogP contribution in [0.15, 0.2) is 42.2 Å². The van der Waals surface area contributed by atoms with E-state index in [2.05, 4.69) is 10.6 Å². The van der Waals surface area contributed by atoms with E-state index < -0.39 is 22.4 Å². The first kappa shape index (κ1) is 11.1. The maximum Gasteiger partial charge on any atom is 0.349 e. The molecule has 88 valence electrons. The summed E-state index contributed by atoms with van der Waals surface area (Å²) in [5.41, 5.74) is -0.266. The second-order valence-electron chi connectivity index (χ2n) is 3.46. The second-order valence-corrected chi connectivity index (χ2v) is 3.46. The van der Waals surface area contributed by atoms with Gasteiger partial charge in [-0.2, -0.15) is 0 Å². The fourth-order valence-electron chi connectivity index (χ4n) is 1.47. The second kappa shape index (κ2) is 3.87. The van der Waals surface area contributed by atoms with Gasteiger partial charge in [0.2, 0.25) is 5.85 Å². The molecule has 0 aromatic heterocycles. The lowest BCUT2D eigenvalue weighted by atomic mass is 10.1. The number of nitro groups is 1. The van der Waals surface area contributed by atoms with Gasteiger partial charge in [-0.1, -0.05) is 30.3 Å². The predicted molar refractivity (Wildman–Crippen MR) is 56.7 cm³/mol. The Labute approximate surface area is 95.9 Å². The van der Waals surface area contributed by atoms with Crippen LogP contribution in [0.25, 0.3) is 0 Å². The monoisotopic (exact) mass is 235 g/mol. The molecule has 1 atom stereocenters. The third-order valence-corrected chi connectivity index (χ3v) is 2.33. The molecule has 1 amide bonds. The number of rotatable bonds is 2. The molecule has 0 aliphatic carbocycles. The van der Waals surface area contributed by atoms with E-state index in [0.29, 0.717) is 5.56 Å². The standard InChI is InChI=1S/C10H9N3O4/c14-9-8(13(16)17)6-11-10(15,12-9)7-4-2-1-3-5-7/h1-6,11,15H,(H,12,14)/t10-/m1/s1. The van der Waals surface area contributed by atoms with Gasteiger partial charge in [-0.3, -0.25) is 20.2 Å². The van der Waals surface area contributed by atoms with E-state index in [0.717, 1.165) is 6.20 Å². The Morgan fingerprint density at radius 2 is 1.94 bits per heavy atom. The van der Waals surface area contributed by atoms with Crippen LogP contribution in [0.1, 0.15) is 5.56 Å². The largest absolute Gasteiger partial charge is 0.350 e. The van der Waals surface area contributed by atoms with Crippen LogP contribution in [0.3, 0.4) is 0 Å². The molecule has 0 unspecified atom stereocenters. The van der Waals surface area contributed by atoms with Crippen molar-refractivity contribution in [1.29, 1.82) is 0 Å². The number of hydrogen-bond donors (Lipinski definition) is 3. The van der Waals surface area contributed by atoms with Gasteiger partial charge < -0.3 is 10.4 Å². The molecular formula is C10H9N3O4. The van der Waals surface area contributed by atoms with E-state index in [4.69, 9.17) is 0 Å². The van der Waals surface area contributed by atoms with E-state index in [1.165, 1.54) is 0 Å². The molecule has 0 saturated heterocycles. The predicted octanol–water partition coefficient (Wildman–Crippen LogP) is -0.373. The molecule has 0 fully saturated rings. The summed E-state index contributed by atoms with van der Waals surface area (Å²) in [4.78, 5) is 21.0. The van der Waals surface area contributed by atoms with Crippen molar-refractivity contribution in [2.24, 2.45) is 0 Å². The minimum Gasteiger partial charge on any atom is -0.350 e. The average Bonchev–Trinajstić information content (AvgIpc) is 2.29. The molecule has 3 N–H and O–H groups in total. The van der Waals surface area contributed by atoms with Crippen molar-refractivity contribution in [3.63, 3.8) is 0 Å². The first-order valence-electron chi connectivity index (χ1n) is 4.75. The normalized spacial score (nSPS) is 23.4. The van der Waals surface area contributed by atoms with Crippen LogP contribution in [0, 0.1) is 10.1 Å². The lowest BCUT2D eigenvalue weighted by Crippen LogP contribution is -2.58. The molecule has 1 aliphatic heterocycles. The SMILES string of the molecule is O=C1N[C@@](O)(c2ccccc2)NC=C1[N+](=O)[O-]. The minimum atomic E-state index is -1.82. The number of carbonyl (C=O) groups excluding carboxylic acids is 1. The van der Waals surface area contributed by atoms with Crippen LogP contribution in [0.2, 0.25) is 0 Å². The highest BCUT2D eigenvalue weighted by Gasteiger charge is 2.39. The number of benzene rings is 1. The van der Waals surface area contributed by atoms with Gasteiger partial charge in [0.15, 0.2) is 0 Å². The Balaban J connectivity index is 2.33. The van der Waals surface area contributed by atoms with Crippen molar-refractivity contribution in [1.82, 2.24) is 10.6 Å². The zero-order chi connectivity index (χ0) is 12.5. The van der Waals surface area contributed by atoms with Crippen molar-refractivity contribution in [2.45, 2.75) is 5.85 Å². The highest BCUT2D eigenvalue weighted by atomic mass is 16.6. The molecule has 1 aliphatic rings. The Hall–Kier alpha value is -2.41. The molecule has 0 saturated carbocycles. The van der Waals surface area contributed by atoms with Crippen molar-refractivity contribution in [3.8, 4) is 0 Å². The van der Waals surface area contributed by atoms with Gasteiger partial charge in [0.25, 0.3) is 0 Å². The molecule has 17 heavy (non-hydrogen) atoms. The zero-order valence-electron chi connectivity index (χ0n) is 8.58. The third-order valence-electron chi connectivity index (χ3n) is 2.33. The molecule has 7 nitrogen and oxygen atoms in total. The number of hydrogen-bond acceptors (Lipinski definition) is 5. The minimum absolute atomic E-state index is 0.381. The van der Waals surface area contributed by atoms with Crippen LogP contribution in [0.5, 0.6) is 0 Å². The van der Waals surface area contributed by atoms with Crippen molar-refractivity contribution in [2.75, 3.05) is 0 Å². The fraction of sp³-hybridized carbons (Fsp3) is 0.100. The van der Waals surface area contributed by atoms with Gasteiger partial charge in [-0.05, 0) is 0 Å². The first-order chi connectivity index (χ1) is 8.03. The smallest absolute Gasteiger partial charge is 0.349 e. The van der Waals surface area contributed by atoms with Gasteiger partial charge in [-0.25, -0.2) is 0 Å². The van der Waals surface area contributed by atoms with Gasteiger partial charge in [0.05, 0.1) is 11.1 Å². The molecule has 7 heteroatoms. The van der Waals surface area contributed by atoms with Crippen LogP contribution < -0.4 is 10.6 Å². The van der Waals surface area contributed by atoms with Crippen molar-refractivity contribution in [3.05, 3.63) is 57.9 Å². The summed E-state index contributed by atoms with van der Waals surface area (Å²) < 4.78 is 0. The average molecular weight is 235 g/mol. The van der Waals surface area contributed by atoms with Gasteiger partial charge >= 0.3 is 11.6 Å². The topological polar surface area (TPSA) is 104 Å². The third kappa shape index (κ3) is 1.95. The quantitative estimate of drug-likeness (QED) is 0.479. The molecule has 1 heterocycles. The van der Waals surface area contributed by atoms with Crippen LogP contribution >= 0.6 is 0 Å². The van der Waals surface area contributed by atoms with E-state index in [-0.39, 0.29) is 0 Å². The maximum atomic E-state index is 11.4. The maximum absolute atomic E-state index is 11.4. The summed E-state index contributed by atoms with van der Waals surface area (Å²) in [5, 5.41) is 25.1. The summed E-state index contributed by atoms with van der Waals surface area (Å²) in [6, 6.07) is 8.26. The molecule has 0 radical (unpaired) electrons. The van der Waals surface area contributed by atoms with E-state index in [1.54, 1.807) is 30.3 Å². The van der Waals surface area contributed by atoms with E-state index >= 15 is 0 Å².